The van der Waals surface area contributed by atoms with Crippen molar-refractivity contribution in [1.29, 1.82) is 0 Å². The second-order valence-corrected chi connectivity index (χ2v) is 10.5. The van der Waals surface area contributed by atoms with Gasteiger partial charge in [-0.2, -0.15) is 0 Å². The van der Waals surface area contributed by atoms with E-state index in [1.165, 1.54) is 38.5 Å². The molecule has 7 rings (SSSR count). The molecule has 3 aromatic carbocycles. The molecule has 3 nitrogen and oxygen atoms in total. The molecule has 1 aliphatic carbocycles. The number of rotatable bonds is 2. The van der Waals surface area contributed by atoms with E-state index in [0.717, 1.165) is 44.5 Å². The molecule has 2 atom stereocenters. The zero-order valence-corrected chi connectivity index (χ0v) is 20.3. The number of fused-ring (bicyclic) bond motifs is 5. The highest BCUT2D eigenvalue weighted by Gasteiger charge is 2.34. The zero-order chi connectivity index (χ0) is 23.0. The average Bonchev–Trinajstić information content (AvgIpc) is 3.52. The van der Waals surface area contributed by atoms with Crippen molar-refractivity contribution in [1.82, 2.24) is 15.0 Å². The maximum absolute atomic E-state index is 6.39. The third-order valence-corrected chi connectivity index (χ3v) is 8.08. The van der Waals surface area contributed by atoms with Crippen molar-refractivity contribution in [3.63, 3.8) is 0 Å². The number of nitrogens with one attached hydrogen (secondary N) is 3. The normalized spacial score (nSPS) is 18.2. The Morgan fingerprint density at radius 2 is 1.09 bits per heavy atom. The van der Waals surface area contributed by atoms with Crippen LogP contribution in [0.4, 0.5) is 0 Å². The summed E-state index contributed by atoms with van der Waals surface area (Å²) < 4.78 is 0. The number of benzene rings is 3. The maximum atomic E-state index is 6.39. The van der Waals surface area contributed by atoms with Gasteiger partial charge in [-0.3, -0.25) is 0 Å². The smallest absolute Gasteiger partial charge is 0.0474 e. The molecule has 0 bridgehead atoms. The van der Waals surface area contributed by atoms with E-state index in [2.05, 4.69) is 45.5 Å². The van der Waals surface area contributed by atoms with E-state index >= 15 is 0 Å². The summed E-state index contributed by atoms with van der Waals surface area (Å²) in [6, 6.07) is 18.4. The molecule has 3 N–H and O–H groups in total. The first-order valence-corrected chi connectivity index (χ1v) is 12.5. The van der Waals surface area contributed by atoms with Crippen LogP contribution in [0.3, 0.4) is 0 Å². The van der Waals surface area contributed by atoms with Gasteiger partial charge in [-0.25, -0.2) is 0 Å². The molecular weight excluding hydrogens is 485 g/mol. The van der Waals surface area contributed by atoms with Gasteiger partial charge < -0.3 is 15.0 Å². The topological polar surface area (TPSA) is 47.4 Å². The van der Waals surface area contributed by atoms with Crippen LogP contribution < -0.4 is 0 Å². The first kappa shape index (κ1) is 20.5. The van der Waals surface area contributed by atoms with E-state index in [1.54, 1.807) is 0 Å². The van der Waals surface area contributed by atoms with Crippen LogP contribution in [0.15, 0.2) is 67.0 Å². The van der Waals surface area contributed by atoms with Crippen molar-refractivity contribution in [2.75, 3.05) is 0 Å². The van der Waals surface area contributed by atoms with Gasteiger partial charge in [0.15, 0.2) is 0 Å². The van der Waals surface area contributed by atoms with E-state index in [-0.39, 0.29) is 11.8 Å². The van der Waals surface area contributed by atoms with Crippen LogP contribution in [0, 0.1) is 0 Å². The van der Waals surface area contributed by atoms with Gasteiger partial charge in [0.1, 0.15) is 0 Å². The Labute approximate surface area is 211 Å². The molecule has 0 saturated carbocycles. The fraction of sp³-hybridized carbons (Fsp3) is 0.143. The van der Waals surface area contributed by atoms with Crippen LogP contribution >= 0.6 is 34.8 Å². The van der Waals surface area contributed by atoms with Crippen molar-refractivity contribution in [3.05, 3.63) is 104 Å². The van der Waals surface area contributed by atoms with Crippen LogP contribution in [0.25, 0.3) is 32.7 Å². The summed E-state index contributed by atoms with van der Waals surface area (Å²) >= 11 is 18.9. The van der Waals surface area contributed by atoms with Gasteiger partial charge in [0.05, 0.1) is 0 Å². The van der Waals surface area contributed by atoms with Crippen molar-refractivity contribution in [2.24, 2.45) is 0 Å². The highest BCUT2D eigenvalue weighted by Crippen LogP contribution is 2.50. The first-order valence-electron chi connectivity index (χ1n) is 11.4. The van der Waals surface area contributed by atoms with E-state index in [0.29, 0.717) is 0 Å². The van der Waals surface area contributed by atoms with Gasteiger partial charge >= 0.3 is 0 Å². The molecule has 0 unspecified atom stereocenters. The average molecular weight is 505 g/mol. The number of aromatic amines is 3. The number of halogens is 3. The Morgan fingerprint density at radius 3 is 1.71 bits per heavy atom. The summed E-state index contributed by atoms with van der Waals surface area (Å²) in [7, 11) is 0. The second kappa shape index (κ2) is 7.58. The zero-order valence-electron chi connectivity index (χ0n) is 18.1. The molecule has 0 saturated heterocycles. The van der Waals surface area contributed by atoms with E-state index in [9.17, 15) is 0 Å². The third-order valence-electron chi connectivity index (χ3n) is 7.37. The molecule has 3 aromatic heterocycles. The van der Waals surface area contributed by atoms with Gasteiger partial charge in [0.2, 0.25) is 0 Å². The number of hydrogen-bond acceptors (Lipinski definition) is 0. The lowest BCUT2D eigenvalue weighted by molar-refractivity contribution is 0.565. The summed E-state index contributed by atoms with van der Waals surface area (Å²) in [5, 5.41) is 5.90. The summed E-state index contributed by atoms with van der Waals surface area (Å²) in [4.78, 5) is 10.6. The van der Waals surface area contributed by atoms with Crippen LogP contribution in [0.5, 0.6) is 0 Å². The van der Waals surface area contributed by atoms with Crippen molar-refractivity contribution in [2.45, 2.75) is 24.7 Å². The van der Waals surface area contributed by atoms with Crippen LogP contribution in [0.1, 0.15) is 47.1 Å². The molecular formula is C28H20Cl3N3. The highest BCUT2D eigenvalue weighted by atomic mass is 35.5. The Morgan fingerprint density at radius 1 is 0.588 bits per heavy atom. The van der Waals surface area contributed by atoms with E-state index in [4.69, 9.17) is 34.8 Å². The Kier molecular flexibility index (Phi) is 4.57. The second-order valence-electron chi connectivity index (χ2n) is 9.19. The SMILES string of the molecule is Clc1ccc2c([C@@H]3CC[C@@H](c4c[nH]c5cc(Cl)ccc45)c4c3[nH]c3cc(Cl)ccc43)c[nH]c2c1. The summed E-state index contributed by atoms with van der Waals surface area (Å²) in [6.45, 7) is 0. The molecule has 0 spiro atoms. The van der Waals surface area contributed by atoms with E-state index in [1.807, 2.05) is 36.4 Å². The fourth-order valence-corrected chi connectivity index (χ4v) is 6.44. The third kappa shape index (κ3) is 3.04. The molecule has 6 heteroatoms. The first-order chi connectivity index (χ1) is 16.6. The summed E-state index contributed by atoms with van der Waals surface area (Å²) in [6.07, 6.45) is 6.37. The monoisotopic (exact) mass is 503 g/mol. The van der Waals surface area contributed by atoms with Crippen molar-refractivity contribution in [3.8, 4) is 0 Å². The lowest BCUT2D eigenvalue weighted by Crippen LogP contribution is -2.15. The number of H-pyrrole nitrogens is 3. The van der Waals surface area contributed by atoms with Gasteiger partial charge in [-0.05, 0) is 65.9 Å². The van der Waals surface area contributed by atoms with Crippen LogP contribution in [0.2, 0.25) is 15.1 Å². The molecule has 0 aliphatic heterocycles. The minimum absolute atomic E-state index is 0.256. The van der Waals surface area contributed by atoms with Crippen molar-refractivity contribution >= 4 is 67.5 Å². The quantitative estimate of drug-likeness (QED) is 0.210. The fourth-order valence-electron chi connectivity index (χ4n) is 5.92. The molecule has 3 heterocycles. The molecule has 1 aliphatic rings. The predicted octanol–water partition coefficient (Wildman–Crippen LogP) is 9.15. The highest BCUT2D eigenvalue weighted by molar-refractivity contribution is 6.32. The van der Waals surface area contributed by atoms with Gasteiger partial charge in [-0.1, -0.05) is 53.0 Å². The summed E-state index contributed by atoms with van der Waals surface area (Å²) in [5.74, 6) is 0.530. The molecule has 34 heavy (non-hydrogen) atoms. The molecule has 0 radical (unpaired) electrons. The van der Waals surface area contributed by atoms with Gasteiger partial charge in [0.25, 0.3) is 0 Å². The Balaban J connectivity index is 1.45. The van der Waals surface area contributed by atoms with Gasteiger partial charge in [-0.15, -0.1) is 0 Å². The predicted molar refractivity (Wildman–Crippen MR) is 143 cm³/mol. The Hall–Kier alpha value is -2.85. The Bertz CT molecular complexity index is 1720. The molecule has 0 fully saturated rings. The minimum atomic E-state index is 0.256. The molecule has 0 amide bonds. The number of hydrogen-bond donors (Lipinski definition) is 3. The molecule has 6 aromatic rings. The molecule has 168 valence electrons. The lowest BCUT2D eigenvalue weighted by Gasteiger charge is -2.29. The number of aromatic nitrogens is 3. The minimum Gasteiger partial charge on any atom is -0.361 e. The lowest BCUT2D eigenvalue weighted by atomic mass is 9.74. The maximum Gasteiger partial charge on any atom is 0.0474 e. The summed E-state index contributed by atoms with van der Waals surface area (Å²) in [5.41, 5.74) is 8.47. The van der Waals surface area contributed by atoms with Gasteiger partial charge in [0, 0.05) is 77.7 Å². The van der Waals surface area contributed by atoms with Crippen LogP contribution in [-0.4, -0.2) is 15.0 Å². The van der Waals surface area contributed by atoms with Crippen molar-refractivity contribution < 1.29 is 0 Å². The largest absolute Gasteiger partial charge is 0.361 e. The standard InChI is InChI=1S/C28H20Cl3N3/c29-14-1-4-17-22(12-32-24(17)9-14)19-7-8-20(23-13-33-25-10-15(30)2-5-18(23)25)28-27(19)21-6-3-16(31)11-26(21)34-28/h1-6,9-13,19-20,32-34H,7-8H2/t19-,20-/m0/s1. The van der Waals surface area contributed by atoms with Crippen LogP contribution in [-0.2, 0) is 0 Å². The van der Waals surface area contributed by atoms with E-state index < -0.39 is 0 Å².